The summed E-state index contributed by atoms with van der Waals surface area (Å²) >= 11 is 0. The van der Waals surface area contributed by atoms with E-state index >= 15 is 0 Å². The summed E-state index contributed by atoms with van der Waals surface area (Å²) in [5.41, 5.74) is 9.73. The van der Waals surface area contributed by atoms with Gasteiger partial charge in [-0.2, -0.15) is 0 Å². The molecule has 3 nitrogen and oxygen atoms in total. The van der Waals surface area contributed by atoms with Crippen molar-refractivity contribution in [2.24, 2.45) is 10.7 Å². The standard InChI is InChI=1S/C17H18FN3/c1-11-3-7-14(8-4-11)21-16(10-20-17(21)19)13-6-5-12(2)15(18)9-13/h3-9,16H,10H2,1-2H3,(H2,19,20). The lowest BCUT2D eigenvalue weighted by Crippen LogP contribution is -2.36. The van der Waals surface area contributed by atoms with Gasteiger partial charge in [0.05, 0.1) is 12.6 Å². The Hall–Kier alpha value is -2.36. The molecule has 3 rings (SSSR count). The fraction of sp³-hybridized carbons (Fsp3) is 0.235. The molecule has 108 valence electrons. The number of anilines is 1. The normalized spacial score (nSPS) is 18.0. The van der Waals surface area contributed by atoms with Gasteiger partial charge >= 0.3 is 0 Å². The molecule has 1 unspecified atom stereocenters. The first-order valence-electron chi connectivity index (χ1n) is 6.98. The summed E-state index contributed by atoms with van der Waals surface area (Å²) in [6.07, 6.45) is 0. The summed E-state index contributed by atoms with van der Waals surface area (Å²) in [4.78, 5) is 6.29. The van der Waals surface area contributed by atoms with E-state index < -0.39 is 0 Å². The highest BCUT2D eigenvalue weighted by Crippen LogP contribution is 2.31. The number of nitrogens with two attached hydrogens (primary N) is 1. The Bertz CT molecular complexity index is 692. The van der Waals surface area contributed by atoms with Gasteiger partial charge < -0.3 is 10.6 Å². The summed E-state index contributed by atoms with van der Waals surface area (Å²) in [5.74, 6) is 0.284. The van der Waals surface area contributed by atoms with Crippen LogP contribution in [0.1, 0.15) is 22.7 Å². The maximum Gasteiger partial charge on any atom is 0.196 e. The number of aliphatic imine (C=N–C) groups is 1. The lowest BCUT2D eigenvalue weighted by molar-refractivity contribution is 0.612. The summed E-state index contributed by atoms with van der Waals surface area (Å²) < 4.78 is 13.8. The number of rotatable bonds is 2. The molecule has 0 bridgehead atoms. The Morgan fingerprint density at radius 3 is 2.52 bits per heavy atom. The smallest absolute Gasteiger partial charge is 0.196 e. The Balaban J connectivity index is 1.98. The molecular formula is C17H18FN3. The van der Waals surface area contributed by atoms with Crippen LogP contribution in [0.15, 0.2) is 47.5 Å². The lowest BCUT2D eigenvalue weighted by atomic mass is 10.0. The van der Waals surface area contributed by atoms with Crippen LogP contribution in [0.5, 0.6) is 0 Å². The first kappa shape index (κ1) is 13.6. The van der Waals surface area contributed by atoms with E-state index in [4.69, 9.17) is 5.73 Å². The van der Waals surface area contributed by atoms with E-state index in [9.17, 15) is 4.39 Å². The Labute approximate surface area is 123 Å². The van der Waals surface area contributed by atoms with E-state index in [1.54, 1.807) is 19.1 Å². The Morgan fingerprint density at radius 1 is 1.14 bits per heavy atom. The summed E-state index contributed by atoms with van der Waals surface area (Å²) in [6, 6.07) is 13.4. The van der Waals surface area contributed by atoms with Gasteiger partial charge in [0, 0.05) is 5.69 Å². The highest BCUT2D eigenvalue weighted by atomic mass is 19.1. The van der Waals surface area contributed by atoms with Crippen LogP contribution in [0.4, 0.5) is 10.1 Å². The molecule has 0 aromatic heterocycles. The zero-order chi connectivity index (χ0) is 15.0. The third-order valence-corrected chi connectivity index (χ3v) is 3.88. The highest BCUT2D eigenvalue weighted by Gasteiger charge is 2.29. The summed E-state index contributed by atoms with van der Waals surface area (Å²) in [7, 11) is 0. The van der Waals surface area contributed by atoms with E-state index in [0.717, 1.165) is 11.3 Å². The number of aryl methyl sites for hydroxylation is 2. The molecule has 0 radical (unpaired) electrons. The Morgan fingerprint density at radius 2 is 1.86 bits per heavy atom. The molecule has 0 fully saturated rings. The van der Waals surface area contributed by atoms with Gasteiger partial charge in [-0.1, -0.05) is 29.8 Å². The van der Waals surface area contributed by atoms with Crippen molar-refractivity contribution in [2.75, 3.05) is 11.4 Å². The van der Waals surface area contributed by atoms with Gasteiger partial charge in [-0.05, 0) is 43.2 Å². The van der Waals surface area contributed by atoms with Crippen LogP contribution in [-0.4, -0.2) is 12.5 Å². The third kappa shape index (κ3) is 2.49. The van der Waals surface area contributed by atoms with Crippen molar-refractivity contribution in [3.05, 3.63) is 65.0 Å². The number of guanidine groups is 1. The molecule has 1 aliphatic rings. The van der Waals surface area contributed by atoms with Crippen molar-refractivity contribution in [3.63, 3.8) is 0 Å². The van der Waals surface area contributed by atoms with Gasteiger partial charge in [-0.3, -0.25) is 4.99 Å². The van der Waals surface area contributed by atoms with Gasteiger partial charge in [-0.25, -0.2) is 4.39 Å². The number of nitrogens with zero attached hydrogens (tertiary/aromatic N) is 2. The predicted octanol–water partition coefficient (Wildman–Crippen LogP) is 3.32. The van der Waals surface area contributed by atoms with Crippen molar-refractivity contribution >= 4 is 11.6 Å². The topological polar surface area (TPSA) is 41.6 Å². The minimum absolute atomic E-state index is 0.0530. The molecule has 2 N–H and O–H groups in total. The second kappa shape index (κ2) is 5.20. The minimum Gasteiger partial charge on any atom is -0.369 e. The Kier molecular flexibility index (Phi) is 3.37. The van der Waals surface area contributed by atoms with E-state index in [2.05, 4.69) is 4.99 Å². The number of hydrogen-bond acceptors (Lipinski definition) is 3. The zero-order valence-corrected chi connectivity index (χ0v) is 12.2. The fourth-order valence-corrected chi connectivity index (χ4v) is 2.59. The van der Waals surface area contributed by atoms with Crippen molar-refractivity contribution in [1.29, 1.82) is 0 Å². The molecule has 0 saturated heterocycles. The van der Waals surface area contributed by atoms with Crippen molar-refractivity contribution in [3.8, 4) is 0 Å². The van der Waals surface area contributed by atoms with Gasteiger partial charge in [-0.15, -0.1) is 0 Å². The van der Waals surface area contributed by atoms with Crippen LogP contribution in [0.3, 0.4) is 0 Å². The molecule has 1 aliphatic heterocycles. The second-order valence-corrected chi connectivity index (χ2v) is 5.43. The fourth-order valence-electron chi connectivity index (χ4n) is 2.59. The van der Waals surface area contributed by atoms with E-state index in [1.807, 2.05) is 42.2 Å². The highest BCUT2D eigenvalue weighted by molar-refractivity contribution is 5.97. The van der Waals surface area contributed by atoms with Crippen LogP contribution in [-0.2, 0) is 0 Å². The van der Waals surface area contributed by atoms with Crippen LogP contribution < -0.4 is 10.6 Å². The second-order valence-electron chi connectivity index (χ2n) is 5.43. The van der Waals surface area contributed by atoms with Crippen LogP contribution in [0.25, 0.3) is 0 Å². The first-order valence-corrected chi connectivity index (χ1v) is 6.98. The van der Waals surface area contributed by atoms with Crippen LogP contribution in [0.2, 0.25) is 0 Å². The molecule has 4 heteroatoms. The summed E-state index contributed by atoms with van der Waals surface area (Å²) in [5, 5.41) is 0. The lowest BCUT2D eigenvalue weighted by Gasteiger charge is -2.27. The van der Waals surface area contributed by atoms with Crippen molar-refractivity contribution in [2.45, 2.75) is 19.9 Å². The molecule has 1 atom stereocenters. The molecule has 0 amide bonds. The molecule has 0 saturated carbocycles. The molecule has 2 aromatic carbocycles. The molecular weight excluding hydrogens is 265 g/mol. The largest absolute Gasteiger partial charge is 0.369 e. The quantitative estimate of drug-likeness (QED) is 0.918. The first-order chi connectivity index (χ1) is 10.1. The van der Waals surface area contributed by atoms with Crippen LogP contribution >= 0.6 is 0 Å². The van der Waals surface area contributed by atoms with Gasteiger partial charge in [0.2, 0.25) is 0 Å². The maximum atomic E-state index is 13.8. The number of hydrogen-bond donors (Lipinski definition) is 1. The molecule has 0 aliphatic carbocycles. The monoisotopic (exact) mass is 283 g/mol. The van der Waals surface area contributed by atoms with Gasteiger partial charge in [0.1, 0.15) is 5.82 Å². The van der Waals surface area contributed by atoms with E-state index in [0.29, 0.717) is 18.1 Å². The average Bonchev–Trinajstić information content (AvgIpc) is 2.85. The molecule has 0 spiro atoms. The SMILES string of the molecule is Cc1ccc(N2C(N)=NCC2c2ccc(C)c(F)c2)cc1. The molecule has 2 aromatic rings. The summed E-state index contributed by atoms with van der Waals surface area (Å²) in [6.45, 7) is 4.34. The van der Waals surface area contributed by atoms with Crippen molar-refractivity contribution < 1.29 is 4.39 Å². The van der Waals surface area contributed by atoms with Crippen molar-refractivity contribution in [1.82, 2.24) is 0 Å². The van der Waals surface area contributed by atoms with Crippen LogP contribution in [0, 0.1) is 19.7 Å². The van der Waals surface area contributed by atoms with Gasteiger partial charge in [0.25, 0.3) is 0 Å². The van der Waals surface area contributed by atoms with Gasteiger partial charge in [0.15, 0.2) is 5.96 Å². The molecule has 1 heterocycles. The maximum absolute atomic E-state index is 13.8. The third-order valence-electron chi connectivity index (χ3n) is 3.88. The number of benzene rings is 2. The average molecular weight is 283 g/mol. The van der Waals surface area contributed by atoms with E-state index in [1.165, 1.54) is 5.56 Å². The zero-order valence-electron chi connectivity index (χ0n) is 12.2. The minimum atomic E-state index is -0.193. The predicted molar refractivity (Wildman–Crippen MR) is 84.0 cm³/mol. The molecule has 21 heavy (non-hydrogen) atoms. The number of halogens is 1. The van der Waals surface area contributed by atoms with E-state index in [-0.39, 0.29) is 11.9 Å².